The Labute approximate surface area is 108 Å². The van der Waals surface area contributed by atoms with Gasteiger partial charge in [-0.2, -0.15) is 0 Å². The van der Waals surface area contributed by atoms with Gasteiger partial charge in [0, 0.05) is 11.4 Å². The lowest BCUT2D eigenvalue weighted by Crippen LogP contribution is -2.11. The third-order valence-electron chi connectivity index (χ3n) is 2.91. The van der Waals surface area contributed by atoms with Crippen LogP contribution < -0.4 is 5.32 Å². The van der Waals surface area contributed by atoms with Crippen LogP contribution in [0.25, 0.3) is 11.1 Å². The Bertz CT molecular complexity index is 499. The fourth-order valence-corrected chi connectivity index (χ4v) is 2.72. The maximum atomic E-state index is 3.36. The van der Waals surface area contributed by atoms with Gasteiger partial charge in [-0.05, 0) is 54.1 Å². The Morgan fingerprint density at radius 2 is 2.00 bits per heavy atom. The van der Waals surface area contributed by atoms with Gasteiger partial charge >= 0.3 is 0 Å². The molecule has 2 rings (SSSR count). The summed E-state index contributed by atoms with van der Waals surface area (Å²) in [5.41, 5.74) is 5.42. The van der Waals surface area contributed by atoms with Crippen LogP contribution in [-0.4, -0.2) is 6.54 Å². The number of rotatable bonds is 4. The summed E-state index contributed by atoms with van der Waals surface area (Å²) in [6, 6.07) is 9.00. The van der Waals surface area contributed by atoms with Crippen LogP contribution in [0.2, 0.25) is 0 Å². The van der Waals surface area contributed by atoms with Crippen molar-refractivity contribution >= 4 is 11.3 Å². The van der Waals surface area contributed by atoms with Crippen molar-refractivity contribution in [2.24, 2.45) is 0 Å². The van der Waals surface area contributed by atoms with Gasteiger partial charge in [0.05, 0.1) is 0 Å². The Kier molecular flexibility index (Phi) is 3.97. The van der Waals surface area contributed by atoms with Crippen molar-refractivity contribution in [1.82, 2.24) is 5.32 Å². The van der Waals surface area contributed by atoms with E-state index in [4.69, 9.17) is 0 Å². The molecule has 0 saturated heterocycles. The lowest BCUT2D eigenvalue weighted by molar-refractivity contribution is 0.726. The van der Waals surface area contributed by atoms with E-state index in [2.05, 4.69) is 55.7 Å². The van der Waals surface area contributed by atoms with Gasteiger partial charge in [-0.25, -0.2) is 0 Å². The molecular formula is C15H19NS. The molecule has 0 amide bonds. The predicted molar refractivity (Wildman–Crippen MR) is 76.6 cm³/mol. The second-order valence-corrected chi connectivity index (χ2v) is 5.49. The quantitative estimate of drug-likeness (QED) is 0.853. The summed E-state index contributed by atoms with van der Waals surface area (Å²) in [7, 11) is 0. The largest absolute Gasteiger partial charge is 0.313 e. The zero-order valence-corrected chi connectivity index (χ0v) is 11.5. The highest BCUT2D eigenvalue weighted by Gasteiger charge is 2.04. The SMILES string of the molecule is CCNCc1ccc(-c2csc(C)c2)c(C)c1. The minimum absolute atomic E-state index is 0.959. The van der Waals surface area contributed by atoms with Crippen LogP contribution in [0.15, 0.2) is 29.6 Å². The molecule has 0 unspecified atom stereocenters. The predicted octanol–water partition coefficient (Wildman–Crippen LogP) is 4.14. The van der Waals surface area contributed by atoms with Crippen LogP contribution in [0.1, 0.15) is 22.9 Å². The summed E-state index contributed by atoms with van der Waals surface area (Å²) in [5, 5.41) is 5.59. The molecule has 1 N–H and O–H groups in total. The molecule has 0 radical (unpaired) electrons. The third kappa shape index (κ3) is 2.96. The molecule has 0 fully saturated rings. The molecule has 1 aromatic carbocycles. The Balaban J connectivity index is 2.25. The fraction of sp³-hybridized carbons (Fsp3) is 0.333. The molecule has 2 heteroatoms. The topological polar surface area (TPSA) is 12.0 Å². The molecule has 1 heterocycles. The standard InChI is InChI=1S/C15H19NS/c1-4-16-9-13-5-6-15(11(2)7-13)14-8-12(3)17-10-14/h5-8,10,16H,4,9H2,1-3H3. The third-order valence-corrected chi connectivity index (χ3v) is 3.77. The van der Waals surface area contributed by atoms with Crippen molar-refractivity contribution in [3.8, 4) is 11.1 Å². The Morgan fingerprint density at radius 1 is 1.18 bits per heavy atom. The summed E-state index contributed by atoms with van der Waals surface area (Å²) < 4.78 is 0. The molecule has 0 aliphatic heterocycles. The zero-order chi connectivity index (χ0) is 12.3. The van der Waals surface area contributed by atoms with Gasteiger partial charge < -0.3 is 5.32 Å². The van der Waals surface area contributed by atoms with Gasteiger partial charge in [0.15, 0.2) is 0 Å². The average molecular weight is 245 g/mol. The Morgan fingerprint density at radius 3 is 2.59 bits per heavy atom. The lowest BCUT2D eigenvalue weighted by atomic mass is 10.0. The number of hydrogen-bond donors (Lipinski definition) is 1. The molecule has 1 aromatic heterocycles. The van der Waals surface area contributed by atoms with E-state index in [0.29, 0.717) is 0 Å². The van der Waals surface area contributed by atoms with Crippen LogP contribution in [-0.2, 0) is 6.54 Å². The number of hydrogen-bond acceptors (Lipinski definition) is 2. The maximum Gasteiger partial charge on any atom is 0.0205 e. The van der Waals surface area contributed by atoms with E-state index in [9.17, 15) is 0 Å². The zero-order valence-electron chi connectivity index (χ0n) is 10.7. The van der Waals surface area contributed by atoms with Crippen molar-refractivity contribution in [2.75, 3.05) is 6.54 Å². The number of aryl methyl sites for hydroxylation is 2. The van der Waals surface area contributed by atoms with Crippen LogP contribution in [0.3, 0.4) is 0 Å². The molecule has 90 valence electrons. The molecule has 0 saturated carbocycles. The summed E-state index contributed by atoms with van der Waals surface area (Å²) >= 11 is 1.81. The van der Waals surface area contributed by atoms with Crippen molar-refractivity contribution in [3.63, 3.8) is 0 Å². The Hall–Kier alpha value is -1.12. The summed E-state index contributed by atoms with van der Waals surface area (Å²) in [4.78, 5) is 1.37. The van der Waals surface area contributed by atoms with Gasteiger partial charge in [-0.15, -0.1) is 11.3 Å². The molecule has 2 aromatic rings. The molecule has 1 nitrogen and oxygen atoms in total. The first-order chi connectivity index (χ1) is 8.20. The van der Waals surface area contributed by atoms with E-state index in [1.54, 1.807) is 0 Å². The normalized spacial score (nSPS) is 10.8. The molecule has 0 atom stereocenters. The van der Waals surface area contributed by atoms with E-state index in [0.717, 1.165) is 13.1 Å². The van der Waals surface area contributed by atoms with Crippen LogP contribution in [0, 0.1) is 13.8 Å². The van der Waals surface area contributed by atoms with E-state index in [1.807, 2.05) is 11.3 Å². The van der Waals surface area contributed by atoms with Crippen molar-refractivity contribution < 1.29 is 0 Å². The van der Waals surface area contributed by atoms with Crippen LogP contribution >= 0.6 is 11.3 Å². The minimum Gasteiger partial charge on any atom is -0.313 e. The van der Waals surface area contributed by atoms with E-state index in [1.165, 1.54) is 27.1 Å². The number of thiophene rings is 1. The van der Waals surface area contributed by atoms with E-state index in [-0.39, 0.29) is 0 Å². The maximum absolute atomic E-state index is 3.36. The van der Waals surface area contributed by atoms with Crippen LogP contribution in [0.4, 0.5) is 0 Å². The molecular weight excluding hydrogens is 226 g/mol. The summed E-state index contributed by atoms with van der Waals surface area (Å²) in [6.07, 6.45) is 0. The van der Waals surface area contributed by atoms with Crippen LogP contribution in [0.5, 0.6) is 0 Å². The fourth-order valence-electron chi connectivity index (χ4n) is 2.01. The molecule has 0 spiro atoms. The number of nitrogens with one attached hydrogen (secondary N) is 1. The first kappa shape index (κ1) is 12.3. The second-order valence-electron chi connectivity index (χ2n) is 4.38. The number of benzene rings is 1. The van der Waals surface area contributed by atoms with Gasteiger partial charge in [0.25, 0.3) is 0 Å². The van der Waals surface area contributed by atoms with E-state index >= 15 is 0 Å². The highest BCUT2D eigenvalue weighted by molar-refractivity contribution is 7.10. The van der Waals surface area contributed by atoms with Gasteiger partial charge in [0.2, 0.25) is 0 Å². The highest BCUT2D eigenvalue weighted by atomic mass is 32.1. The highest BCUT2D eigenvalue weighted by Crippen LogP contribution is 2.28. The smallest absolute Gasteiger partial charge is 0.0205 e. The molecule has 0 aliphatic rings. The van der Waals surface area contributed by atoms with Crippen molar-refractivity contribution in [1.29, 1.82) is 0 Å². The van der Waals surface area contributed by atoms with E-state index < -0.39 is 0 Å². The monoisotopic (exact) mass is 245 g/mol. The van der Waals surface area contributed by atoms with Gasteiger partial charge in [0.1, 0.15) is 0 Å². The second kappa shape index (κ2) is 5.48. The minimum atomic E-state index is 0.959. The lowest BCUT2D eigenvalue weighted by Gasteiger charge is -2.07. The summed E-state index contributed by atoms with van der Waals surface area (Å²) in [5.74, 6) is 0. The van der Waals surface area contributed by atoms with Crippen molar-refractivity contribution in [3.05, 3.63) is 45.6 Å². The first-order valence-corrected chi connectivity index (χ1v) is 6.94. The first-order valence-electron chi connectivity index (χ1n) is 6.06. The average Bonchev–Trinajstić information content (AvgIpc) is 2.73. The molecule has 0 aliphatic carbocycles. The van der Waals surface area contributed by atoms with Gasteiger partial charge in [-0.3, -0.25) is 0 Å². The molecule has 0 bridgehead atoms. The van der Waals surface area contributed by atoms with Gasteiger partial charge in [-0.1, -0.05) is 25.1 Å². The van der Waals surface area contributed by atoms with Crippen molar-refractivity contribution in [2.45, 2.75) is 27.3 Å². The molecule has 17 heavy (non-hydrogen) atoms. The summed E-state index contributed by atoms with van der Waals surface area (Å²) in [6.45, 7) is 8.46.